The lowest BCUT2D eigenvalue weighted by Gasteiger charge is -2.03. The molecule has 0 radical (unpaired) electrons. The zero-order chi connectivity index (χ0) is 17.8. The number of hydrogen-bond donors (Lipinski definition) is 1. The Morgan fingerprint density at radius 2 is 1.76 bits per heavy atom. The highest BCUT2D eigenvalue weighted by molar-refractivity contribution is 7.18. The van der Waals surface area contributed by atoms with Gasteiger partial charge in [-0.3, -0.25) is 9.59 Å². The van der Waals surface area contributed by atoms with Crippen LogP contribution in [-0.4, -0.2) is 16.7 Å². The number of nitrogens with zero attached hydrogens (tertiary/aromatic N) is 1. The van der Waals surface area contributed by atoms with Gasteiger partial charge in [0.15, 0.2) is 10.9 Å². The number of nitrogens with one attached hydrogen (secondary N) is 1. The molecule has 0 unspecified atom stereocenters. The van der Waals surface area contributed by atoms with Crippen LogP contribution in [0.5, 0.6) is 0 Å². The number of rotatable bonds is 5. The Balaban J connectivity index is 1.82. The average Bonchev–Trinajstić information content (AvgIpc) is 3.02. The predicted octanol–water partition coefficient (Wildman–Crippen LogP) is 4.85. The molecule has 0 atom stereocenters. The molecule has 6 heteroatoms. The molecular formula is C19H15ClN2O2S. The smallest absolute Gasteiger partial charge is 0.230 e. The second-order valence-electron chi connectivity index (χ2n) is 5.44. The molecule has 0 saturated heterocycles. The zero-order valence-corrected chi connectivity index (χ0v) is 15.0. The van der Waals surface area contributed by atoms with E-state index in [1.54, 1.807) is 12.1 Å². The number of Topliss-reactive ketones (excluding diaryl/α,β-unsaturated/α-hetero) is 1. The monoisotopic (exact) mass is 370 g/mol. The van der Waals surface area contributed by atoms with Crippen LogP contribution in [0, 0.1) is 0 Å². The number of amides is 1. The molecule has 0 aliphatic rings. The standard InChI is InChI=1S/C19H15ClN2O2S/c1-12(23)18-17(13-7-3-2-4-8-13)22-19(25-18)21-16(24)11-14-9-5-6-10-15(14)20/h2-10H,11H2,1H3,(H,21,22,24). The van der Waals surface area contributed by atoms with Gasteiger partial charge in [0.2, 0.25) is 5.91 Å². The fraction of sp³-hybridized carbons (Fsp3) is 0.105. The van der Waals surface area contributed by atoms with Gasteiger partial charge in [-0.2, -0.15) is 0 Å². The van der Waals surface area contributed by atoms with Crippen molar-refractivity contribution in [3.8, 4) is 11.3 Å². The van der Waals surface area contributed by atoms with Crippen molar-refractivity contribution in [2.45, 2.75) is 13.3 Å². The first-order valence-corrected chi connectivity index (χ1v) is 8.84. The number of aromatic nitrogens is 1. The number of thiazole rings is 1. The van der Waals surface area contributed by atoms with Crippen molar-refractivity contribution >= 4 is 39.8 Å². The van der Waals surface area contributed by atoms with Gasteiger partial charge in [-0.1, -0.05) is 71.5 Å². The van der Waals surface area contributed by atoms with Gasteiger partial charge in [-0.05, 0) is 11.6 Å². The van der Waals surface area contributed by atoms with Gasteiger partial charge in [-0.15, -0.1) is 0 Å². The lowest BCUT2D eigenvalue weighted by Crippen LogP contribution is -2.14. The van der Waals surface area contributed by atoms with Gasteiger partial charge >= 0.3 is 0 Å². The molecule has 0 bridgehead atoms. The normalized spacial score (nSPS) is 10.5. The molecule has 3 rings (SSSR count). The minimum atomic E-state index is -0.225. The summed E-state index contributed by atoms with van der Waals surface area (Å²) in [6.07, 6.45) is 0.148. The van der Waals surface area contributed by atoms with E-state index in [2.05, 4.69) is 10.3 Å². The van der Waals surface area contributed by atoms with Gasteiger partial charge in [-0.25, -0.2) is 4.98 Å². The number of ketones is 1. The summed E-state index contributed by atoms with van der Waals surface area (Å²) >= 11 is 7.26. The zero-order valence-electron chi connectivity index (χ0n) is 13.5. The third-order valence-corrected chi connectivity index (χ3v) is 4.99. The van der Waals surface area contributed by atoms with Crippen LogP contribution in [0.15, 0.2) is 54.6 Å². The van der Waals surface area contributed by atoms with Gasteiger partial charge in [0.05, 0.1) is 17.0 Å². The van der Waals surface area contributed by atoms with Gasteiger partial charge in [0, 0.05) is 17.5 Å². The summed E-state index contributed by atoms with van der Waals surface area (Å²) in [4.78, 5) is 29.2. The maximum atomic E-state index is 12.3. The molecule has 25 heavy (non-hydrogen) atoms. The SMILES string of the molecule is CC(=O)c1sc(NC(=O)Cc2ccccc2Cl)nc1-c1ccccc1. The van der Waals surface area contributed by atoms with Crippen LogP contribution in [-0.2, 0) is 11.2 Å². The first-order chi connectivity index (χ1) is 12.0. The van der Waals surface area contributed by atoms with Gasteiger partial charge in [0.1, 0.15) is 0 Å². The summed E-state index contributed by atoms with van der Waals surface area (Å²) in [5.74, 6) is -0.306. The molecule has 0 spiro atoms. The molecule has 1 N–H and O–H groups in total. The summed E-state index contributed by atoms with van der Waals surface area (Å²) < 4.78 is 0. The van der Waals surface area contributed by atoms with E-state index in [4.69, 9.17) is 11.6 Å². The lowest BCUT2D eigenvalue weighted by molar-refractivity contribution is -0.115. The number of anilines is 1. The Labute approximate surface area is 154 Å². The minimum Gasteiger partial charge on any atom is -0.302 e. The number of benzene rings is 2. The molecule has 1 aromatic heterocycles. The van der Waals surface area contributed by atoms with Crippen molar-refractivity contribution in [2.75, 3.05) is 5.32 Å². The highest BCUT2D eigenvalue weighted by Gasteiger charge is 2.18. The number of halogens is 1. The molecule has 1 amide bonds. The molecule has 0 fully saturated rings. The molecule has 0 saturated carbocycles. The number of carbonyl (C=O) groups excluding carboxylic acids is 2. The quantitative estimate of drug-likeness (QED) is 0.653. The summed E-state index contributed by atoms with van der Waals surface area (Å²) in [5, 5.41) is 3.71. The summed E-state index contributed by atoms with van der Waals surface area (Å²) in [6, 6.07) is 16.6. The fourth-order valence-electron chi connectivity index (χ4n) is 2.38. The van der Waals surface area contributed by atoms with Crippen molar-refractivity contribution in [3.63, 3.8) is 0 Å². The molecule has 3 aromatic rings. The first kappa shape index (κ1) is 17.3. The largest absolute Gasteiger partial charge is 0.302 e. The van der Waals surface area contributed by atoms with Crippen LogP contribution in [0.2, 0.25) is 5.02 Å². The Morgan fingerprint density at radius 1 is 1.08 bits per heavy atom. The van der Waals surface area contributed by atoms with Crippen LogP contribution in [0.25, 0.3) is 11.3 Å². The molecule has 4 nitrogen and oxygen atoms in total. The fourth-order valence-corrected chi connectivity index (χ4v) is 3.48. The van der Waals surface area contributed by atoms with Crippen LogP contribution in [0.3, 0.4) is 0 Å². The topological polar surface area (TPSA) is 59.1 Å². The van der Waals surface area contributed by atoms with Crippen molar-refractivity contribution in [2.24, 2.45) is 0 Å². The molecular weight excluding hydrogens is 356 g/mol. The summed E-state index contributed by atoms with van der Waals surface area (Å²) in [6.45, 7) is 1.50. The summed E-state index contributed by atoms with van der Waals surface area (Å²) in [5.41, 5.74) is 2.18. The van der Waals surface area contributed by atoms with Crippen LogP contribution in [0.1, 0.15) is 22.2 Å². The molecule has 0 aliphatic carbocycles. The van der Waals surface area contributed by atoms with E-state index in [1.807, 2.05) is 42.5 Å². The first-order valence-electron chi connectivity index (χ1n) is 7.65. The Hall–Kier alpha value is -2.50. The van der Waals surface area contributed by atoms with E-state index in [0.29, 0.717) is 20.7 Å². The lowest BCUT2D eigenvalue weighted by atomic mass is 10.1. The third-order valence-electron chi connectivity index (χ3n) is 3.55. The van der Waals surface area contributed by atoms with E-state index in [1.165, 1.54) is 18.3 Å². The van der Waals surface area contributed by atoms with Gasteiger partial charge < -0.3 is 5.32 Å². The van der Waals surface area contributed by atoms with Gasteiger partial charge in [0.25, 0.3) is 0 Å². The van der Waals surface area contributed by atoms with E-state index in [9.17, 15) is 9.59 Å². The molecule has 2 aromatic carbocycles. The highest BCUT2D eigenvalue weighted by atomic mass is 35.5. The second kappa shape index (κ2) is 7.59. The summed E-state index contributed by atoms with van der Waals surface area (Å²) in [7, 11) is 0. The predicted molar refractivity (Wildman–Crippen MR) is 101 cm³/mol. The van der Waals surface area contributed by atoms with Crippen molar-refractivity contribution in [1.29, 1.82) is 0 Å². The Bertz CT molecular complexity index is 922. The maximum Gasteiger partial charge on any atom is 0.230 e. The van der Waals surface area contributed by atoms with Crippen molar-refractivity contribution in [3.05, 3.63) is 70.1 Å². The van der Waals surface area contributed by atoms with E-state index >= 15 is 0 Å². The highest BCUT2D eigenvalue weighted by Crippen LogP contribution is 2.31. The van der Waals surface area contributed by atoms with Crippen LogP contribution < -0.4 is 5.32 Å². The Morgan fingerprint density at radius 3 is 2.44 bits per heavy atom. The minimum absolute atomic E-state index is 0.0806. The maximum absolute atomic E-state index is 12.3. The van der Waals surface area contributed by atoms with Crippen molar-refractivity contribution < 1.29 is 9.59 Å². The molecule has 1 heterocycles. The van der Waals surface area contributed by atoms with Crippen LogP contribution in [0.4, 0.5) is 5.13 Å². The second-order valence-corrected chi connectivity index (χ2v) is 6.84. The van der Waals surface area contributed by atoms with E-state index < -0.39 is 0 Å². The van der Waals surface area contributed by atoms with E-state index in [-0.39, 0.29) is 18.1 Å². The Kier molecular flexibility index (Phi) is 5.26. The molecule has 126 valence electrons. The number of hydrogen-bond acceptors (Lipinski definition) is 4. The molecule has 0 aliphatic heterocycles. The third kappa shape index (κ3) is 4.13. The van der Waals surface area contributed by atoms with Crippen LogP contribution >= 0.6 is 22.9 Å². The number of carbonyl (C=O) groups is 2. The van der Waals surface area contributed by atoms with Crippen molar-refractivity contribution in [1.82, 2.24) is 4.98 Å². The average molecular weight is 371 g/mol. The van der Waals surface area contributed by atoms with E-state index in [0.717, 1.165) is 11.1 Å².